The van der Waals surface area contributed by atoms with Crippen molar-refractivity contribution >= 4 is 0 Å². The second-order valence-electron chi connectivity index (χ2n) is 6.17. The number of fused-ring (bicyclic) bond motifs is 1. The van der Waals surface area contributed by atoms with Crippen LogP contribution >= 0.6 is 0 Å². The molecule has 2 N–H and O–H groups in total. The zero-order chi connectivity index (χ0) is 17.3. The highest BCUT2D eigenvalue weighted by atomic mass is 16.5. The Kier molecular flexibility index (Phi) is 4.53. The first-order valence-electron chi connectivity index (χ1n) is 7.99. The fourth-order valence-corrected chi connectivity index (χ4v) is 3.41. The van der Waals surface area contributed by atoms with Crippen LogP contribution in [0.1, 0.15) is 22.7 Å². The van der Waals surface area contributed by atoms with E-state index in [4.69, 9.17) is 9.47 Å². The minimum Gasteiger partial charge on any atom is -0.508 e. The molecule has 5 nitrogen and oxygen atoms in total. The molecule has 0 aromatic heterocycles. The molecule has 0 bridgehead atoms. The third kappa shape index (κ3) is 2.99. The molecule has 0 radical (unpaired) electrons. The van der Waals surface area contributed by atoms with Crippen LogP contribution in [0.4, 0.5) is 0 Å². The Labute approximate surface area is 142 Å². The van der Waals surface area contributed by atoms with Gasteiger partial charge in [-0.15, -0.1) is 0 Å². The summed E-state index contributed by atoms with van der Waals surface area (Å²) in [6, 6.07) is 8.96. The van der Waals surface area contributed by atoms with Gasteiger partial charge in [-0.1, -0.05) is 0 Å². The largest absolute Gasteiger partial charge is 0.508 e. The summed E-state index contributed by atoms with van der Waals surface area (Å²) in [6.45, 7) is 0.923. The summed E-state index contributed by atoms with van der Waals surface area (Å²) in [5, 5.41) is 20.0. The fraction of sp³-hybridized carbons (Fsp3) is 0.368. The van der Waals surface area contributed by atoms with E-state index in [0.717, 1.165) is 29.8 Å². The van der Waals surface area contributed by atoms with Crippen LogP contribution in [-0.2, 0) is 12.8 Å². The first kappa shape index (κ1) is 16.5. The van der Waals surface area contributed by atoms with E-state index in [1.165, 1.54) is 5.56 Å². The average Bonchev–Trinajstić information content (AvgIpc) is 2.57. The number of benzene rings is 2. The average molecular weight is 329 g/mol. The molecule has 0 unspecified atom stereocenters. The number of hydrogen-bond donors (Lipinski definition) is 2. The maximum atomic E-state index is 10.2. The van der Waals surface area contributed by atoms with Crippen molar-refractivity contribution in [2.75, 3.05) is 27.8 Å². The van der Waals surface area contributed by atoms with Gasteiger partial charge < -0.3 is 19.7 Å². The third-order valence-electron chi connectivity index (χ3n) is 4.74. The smallest absolute Gasteiger partial charge is 0.160 e. The molecule has 5 heteroatoms. The summed E-state index contributed by atoms with van der Waals surface area (Å²) in [5.41, 5.74) is 3.22. The van der Waals surface area contributed by atoms with Crippen molar-refractivity contribution in [3.8, 4) is 23.0 Å². The van der Waals surface area contributed by atoms with Crippen molar-refractivity contribution in [2.45, 2.75) is 18.9 Å². The van der Waals surface area contributed by atoms with E-state index in [2.05, 4.69) is 11.9 Å². The molecule has 24 heavy (non-hydrogen) atoms. The van der Waals surface area contributed by atoms with Crippen LogP contribution in [0, 0.1) is 0 Å². The van der Waals surface area contributed by atoms with Gasteiger partial charge in [0.2, 0.25) is 0 Å². The van der Waals surface area contributed by atoms with Crippen LogP contribution in [0.2, 0.25) is 0 Å². The van der Waals surface area contributed by atoms with Crippen LogP contribution in [0.25, 0.3) is 0 Å². The fourth-order valence-electron chi connectivity index (χ4n) is 3.41. The quantitative estimate of drug-likeness (QED) is 0.903. The summed E-state index contributed by atoms with van der Waals surface area (Å²) < 4.78 is 10.7. The molecule has 2 aromatic rings. The summed E-state index contributed by atoms with van der Waals surface area (Å²) in [4.78, 5) is 2.26. The van der Waals surface area contributed by atoms with E-state index in [9.17, 15) is 10.2 Å². The third-order valence-corrected chi connectivity index (χ3v) is 4.74. The van der Waals surface area contributed by atoms with Gasteiger partial charge in [0.1, 0.15) is 11.5 Å². The van der Waals surface area contributed by atoms with E-state index < -0.39 is 0 Å². The Morgan fingerprint density at radius 3 is 2.54 bits per heavy atom. The minimum absolute atomic E-state index is 0.0984. The number of phenolic OH excluding ortho intramolecular Hbond substituents is 2. The van der Waals surface area contributed by atoms with Crippen LogP contribution < -0.4 is 9.47 Å². The van der Waals surface area contributed by atoms with Gasteiger partial charge in [-0.05, 0) is 66.9 Å². The lowest BCUT2D eigenvalue weighted by molar-refractivity contribution is 0.226. The molecule has 1 aliphatic heterocycles. The van der Waals surface area contributed by atoms with Crippen molar-refractivity contribution in [2.24, 2.45) is 0 Å². The van der Waals surface area contributed by atoms with Crippen molar-refractivity contribution in [1.82, 2.24) is 4.90 Å². The lowest BCUT2D eigenvalue weighted by Gasteiger charge is -2.35. The van der Waals surface area contributed by atoms with E-state index in [1.54, 1.807) is 38.5 Å². The van der Waals surface area contributed by atoms with Crippen LogP contribution in [0.5, 0.6) is 23.0 Å². The van der Waals surface area contributed by atoms with Gasteiger partial charge in [0.05, 0.1) is 14.2 Å². The molecule has 2 aromatic carbocycles. The highest BCUT2D eigenvalue weighted by Crippen LogP contribution is 2.39. The zero-order valence-corrected chi connectivity index (χ0v) is 14.2. The predicted octanol–water partition coefficient (Wildman–Crippen LogP) is 2.89. The van der Waals surface area contributed by atoms with Gasteiger partial charge in [-0.25, -0.2) is 0 Å². The van der Waals surface area contributed by atoms with E-state index in [-0.39, 0.29) is 17.5 Å². The maximum Gasteiger partial charge on any atom is 0.160 e. The number of rotatable bonds is 4. The van der Waals surface area contributed by atoms with Crippen molar-refractivity contribution in [3.63, 3.8) is 0 Å². The van der Waals surface area contributed by atoms with Crippen molar-refractivity contribution in [3.05, 3.63) is 47.0 Å². The zero-order valence-electron chi connectivity index (χ0n) is 14.2. The van der Waals surface area contributed by atoms with Gasteiger partial charge in [-0.3, -0.25) is 4.90 Å². The number of phenols is 2. The molecule has 0 aliphatic carbocycles. The number of ether oxygens (including phenoxy) is 2. The predicted molar refractivity (Wildman–Crippen MR) is 92.1 cm³/mol. The number of methoxy groups -OCH3 is 2. The van der Waals surface area contributed by atoms with Crippen LogP contribution in [0.3, 0.4) is 0 Å². The van der Waals surface area contributed by atoms with Gasteiger partial charge in [0, 0.05) is 12.6 Å². The van der Waals surface area contributed by atoms with Crippen molar-refractivity contribution in [1.29, 1.82) is 0 Å². The van der Waals surface area contributed by atoms with Crippen molar-refractivity contribution < 1.29 is 19.7 Å². The van der Waals surface area contributed by atoms with E-state index >= 15 is 0 Å². The van der Waals surface area contributed by atoms with Gasteiger partial charge in [0.15, 0.2) is 11.5 Å². The molecule has 1 heterocycles. The molecule has 0 fully saturated rings. The second kappa shape index (κ2) is 6.61. The highest BCUT2D eigenvalue weighted by molar-refractivity contribution is 5.49. The first-order chi connectivity index (χ1) is 11.5. The molecule has 1 aliphatic rings. The minimum atomic E-state index is 0.0984. The Hall–Kier alpha value is -2.40. The number of nitrogens with zero attached hydrogens (tertiary/aromatic N) is 1. The number of hydrogen-bond acceptors (Lipinski definition) is 5. The second-order valence-corrected chi connectivity index (χ2v) is 6.17. The highest BCUT2D eigenvalue weighted by Gasteiger charge is 2.27. The van der Waals surface area contributed by atoms with Gasteiger partial charge >= 0.3 is 0 Å². The summed E-state index contributed by atoms with van der Waals surface area (Å²) >= 11 is 0. The summed E-state index contributed by atoms with van der Waals surface area (Å²) in [7, 11) is 5.26. The summed E-state index contributed by atoms with van der Waals surface area (Å²) in [5.74, 6) is 1.64. The normalized spacial score (nSPS) is 17.4. The molecule has 0 amide bonds. The molecule has 3 rings (SSSR count). The Bertz CT molecular complexity index is 744. The van der Waals surface area contributed by atoms with E-state index in [1.807, 2.05) is 6.07 Å². The molecule has 1 atom stereocenters. The molecule has 0 saturated carbocycles. The topological polar surface area (TPSA) is 62.2 Å². The Morgan fingerprint density at radius 2 is 1.83 bits per heavy atom. The number of likely N-dealkylation sites (N-methyl/N-ethyl adjacent to an activating group) is 1. The lowest BCUT2D eigenvalue weighted by Crippen LogP contribution is -2.33. The molecule has 128 valence electrons. The number of aromatic hydroxyl groups is 2. The SMILES string of the molecule is COc1cc2c(cc1O)[C@H](Cc1cc(O)ccc1OC)N(C)CC2. The summed E-state index contributed by atoms with van der Waals surface area (Å²) in [6.07, 6.45) is 1.60. The van der Waals surface area contributed by atoms with Crippen LogP contribution in [-0.4, -0.2) is 42.9 Å². The van der Waals surface area contributed by atoms with Gasteiger partial charge in [-0.2, -0.15) is 0 Å². The monoisotopic (exact) mass is 329 g/mol. The molecular formula is C19H23NO4. The Balaban J connectivity index is 2.00. The standard InChI is InChI=1S/C19H23NO4/c1-20-7-6-12-10-19(24-3)17(22)11-15(12)16(20)9-13-8-14(21)4-5-18(13)23-2/h4-5,8,10-11,16,21-22H,6-7,9H2,1-3H3/t16-/m0/s1. The van der Waals surface area contributed by atoms with Gasteiger partial charge in [0.25, 0.3) is 0 Å². The molecule has 0 saturated heterocycles. The van der Waals surface area contributed by atoms with E-state index in [0.29, 0.717) is 12.2 Å². The lowest BCUT2D eigenvalue weighted by atomic mass is 9.88. The maximum absolute atomic E-state index is 10.2. The molecule has 0 spiro atoms. The molecular weight excluding hydrogens is 306 g/mol. The first-order valence-corrected chi connectivity index (χ1v) is 7.99. The van der Waals surface area contributed by atoms with Crippen LogP contribution in [0.15, 0.2) is 30.3 Å². The Morgan fingerprint density at radius 1 is 1.08 bits per heavy atom.